The second kappa shape index (κ2) is 8.78. The first-order chi connectivity index (χ1) is 15.6. The van der Waals surface area contributed by atoms with Crippen LogP contribution >= 0.6 is 0 Å². The summed E-state index contributed by atoms with van der Waals surface area (Å²) in [5.41, 5.74) is 2.87. The predicted octanol–water partition coefficient (Wildman–Crippen LogP) is 5.05. The molecule has 166 valence electrons. The van der Waals surface area contributed by atoms with Crippen molar-refractivity contribution in [2.75, 3.05) is 13.2 Å². The van der Waals surface area contributed by atoms with E-state index in [1.807, 2.05) is 13.2 Å². The lowest BCUT2D eigenvalue weighted by molar-refractivity contribution is 0.0633. The van der Waals surface area contributed by atoms with Gasteiger partial charge < -0.3 is 4.74 Å². The van der Waals surface area contributed by atoms with E-state index in [-0.39, 0.29) is 11.3 Å². The number of aromatic amines is 1. The molecule has 1 aromatic carbocycles. The lowest BCUT2D eigenvalue weighted by atomic mass is 9.92. The molecule has 1 N–H and O–H groups in total. The Morgan fingerprint density at radius 2 is 2.03 bits per heavy atom. The van der Waals surface area contributed by atoms with Gasteiger partial charge in [0.1, 0.15) is 17.3 Å². The van der Waals surface area contributed by atoms with Gasteiger partial charge in [0.15, 0.2) is 0 Å². The largest absolute Gasteiger partial charge is 0.381 e. The number of nitrogens with zero attached hydrogens (tertiary/aromatic N) is 4. The van der Waals surface area contributed by atoms with Gasteiger partial charge in [-0.15, -0.1) is 0 Å². The molecule has 0 radical (unpaired) electrons. The average molecular weight is 437 g/mol. The predicted molar refractivity (Wildman–Crippen MR) is 118 cm³/mol. The second-order valence-electron chi connectivity index (χ2n) is 8.43. The highest BCUT2D eigenvalue weighted by Crippen LogP contribution is 2.32. The fourth-order valence-electron chi connectivity index (χ4n) is 4.46. The van der Waals surface area contributed by atoms with Gasteiger partial charge in [-0.3, -0.25) is 14.8 Å². The van der Waals surface area contributed by atoms with E-state index < -0.39 is 11.6 Å². The van der Waals surface area contributed by atoms with Gasteiger partial charge >= 0.3 is 0 Å². The molecule has 0 bridgehead atoms. The number of fused-ring (bicyclic) bond motifs is 1. The van der Waals surface area contributed by atoms with Crippen molar-refractivity contribution < 1.29 is 13.5 Å². The molecule has 4 aromatic rings. The molecule has 8 heteroatoms. The highest BCUT2D eigenvalue weighted by atomic mass is 19.1. The van der Waals surface area contributed by atoms with E-state index in [4.69, 9.17) is 4.74 Å². The number of rotatable bonds is 6. The fourth-order valence-corrected chi connectivity index (χ4v) is 4.46. The van der Waals surface area contributed by atoms with Crippen molar-refractivity contribution in [3.05, 3.63) is 54.0 Å². The summed E-state index contributed by atoms with van der Waals surface area (Å²) in [6.45, 7) is 1.62. The number of aromatic nitrogens is 5. The molecule has 5 rings (SSSR count). The Bertz CT molecular complexity index is 1240. The third-order valence-corrected chi connectivity index (χ3v) is 6.25. The molecule has 0 amide bonds. The van der Waals surface area contributed by atoms with Gasteiger partial charge in [-0.2, -0.15) is 10.2 Å². The quantitative estimate of drug-likeness (QED) is 0.458. The number of hydrogen-bond acceptors (Lipinski definition) is 4. The molecule has 0 saturated carbocycles. The summed E-state index contributed by atoms with van der Waals surface area (Å²) in [6, 6.07) is 4.58. The highest BCUT2D eigenvalue weighted by molar-refractivity contribution is 5.94. The van der Waals surface area contributed by atoms with Crippen molar-refractivity contribution in [2.45, 2.75) is 32.1 Å². The SMILES string of the molecule is Cn1cc(-c2n[nH]c3cnc(-c4c(F)ccc(CCCC5CCOCC5)c4F)cc23)cn1. The van der Waals surface area contributed by atoms with Crippen LogP contribution in [0, 0.1) is 17.6 Å². The third kappa shape index (κ3) is 4.02. The molecule has 1 fully saturated rings. The van der Waals surface area contributed by atoms with Crippen molar-refractivity contribution in [3.8, 4) is 22.5 Å². The van der Waals surface area contributed by atoms with Crippen LogP contribution < -0.4 is 0 Å². The Labute approximate surface area is 184 Å². The normalized spacial score (nSPS) is 15.0. The molecular weight excluding hydrogens is 412 g/mol. The minimum atomic E-state index is -0.617. The zero-order valence-corrected chi connectivity index (χ0v) is 17.9. The number of H-pyrrole nitrogens is 1. The van der Waals surface area contributed by atoms with Gasteiger partial charge in [0.05, 0.1) is 29.2 Å². The van der Waals surface area contributed by atoms with Gasteiger partial charge in [-0.25, -0.2) is 8.78 Å². The Kier molecular flexibility index (Phi) is 5.70. The molecule has 32 heavy (non-hydrogen) atoms. The van der Waals surface area contributed by atoms with E-state index in [0.717, 1.165) is 49.8 Å². The molecule has 0 unspecified atom stereocenters. The van der Waals surface area contributed by atoms with Gasteiger partial charge in [-0.05, 0) is 55.7 Å². The van der Waals surface area contributed by atoms with Gasteiger partial charge in [0.25, 0.3) is 0 Å². The van der Waals surface area contributed by atoms with E-state index in [0.29, 0.717) is 29.1 Å². The maximum atomic E-state index is 15.4. The topological polar surface area (TPSA) is 68.6 Å². The van der Waals surface area contributed by atoms with E-state index in [2.05, 4.69) is 20.3 Å². The number of nitrogens with one attached hydrogen (secondary N) is 1. The van der Waals surface area contributed by atoms with Crippen molar-refractivity contribution in [2.24, 2.45) is 13.0 Å². The maximum absolute atomic E-state index is 15.4. The molecule has 6 nitrogen and oxygen atoms in total. The molecule has 0 aliphatic carbocycles. The molecule has 1 saturated heterocycles. The van der Waals surface area contributed by atoms with Crippen molar-refractivity contribution in [3.63, 3.8) is 0 Å². The number of aryl methyl sites for hydroxylation is 2. The summed E-state index contributed by atoms with van der Waals surface area (Å²) in [5.74, 6) is -0.521. The van der Waals surface area contributed by atoms with E-state index in [1.54, 1.807) is 29.2 Å². The minimum absolute atomic E-state index is 0.0891. The van der Waals surface area contributed by atoms with Gasteiger partial charge in [0.2, 0.25) is 0 Å². The summed E-state index contributed by atoms with van der Waals surface area (Å²) in [6.07, 6.45) is 9.71. The average Bonchev–Trinajstić information content (AvgIpc) is 3.42. The maximum Gasteiger partial charge on any atom is 0.138 e. The summed E-state index contributed by atoms with van der Waals surface area (Å²) in [5, 5.41) is 12.2. The molecule has 1 aliphatic heterocycles. The van der Waals surface area contributed by atoms with Crippen LogP contribution in [0.25, 0.3) is 33.4 Å². The fraction of sp³-hybridized carbons (Fsp3) is 0.375. The van der Waals surface area contributed by atoms with Crippen molar-refractivity contribution >= 4 is 10.9 Å². The van der Waals surface area contributed by atoms with Crippen LogP contribution in [-0.4, -0.2) is 38.2 Å². The van der Waals surface area contributed by atoms with Crippen LogP contribution in [0.5, 0.6) is 0 Å². The number of benzene rings is 1. The first-order valence-corrected chi connectivity index (χ1v) is 11.0. The van der Waals surface area contributed by atoms with Gasteiger partial charge in [0, 0.05) is 37.4 Å². The molecule has 0 spiro atoms. The van der Waals surface area contributed by atoms with E-state index in [9.17, 15) is 4.39 Å². The minimum Gasteiger partial charge on any atom is -0.381 e. The zero-order chi connectivity index (χ0) is 22.1. The molecule has 0 atom stereocenters. The Balaban J connectivity index is 1.44. The number of hydrogen-bond donors (Lipinski definition) is 1. The standard InChI is InChI=1S/C24H25F2N5O/c1-31-14-17(12-28-31)24-18-11-20(27-13-21(18)29-30-24)22-19(25)6-5-16(23(22)26)4-2-3-15-7-9-32-10-8-15/h5-6,11-15H,2-4,7-10H2,1H3,(H,29,30). The monoisotopic (exact) mass is 437 g/mol. The van der Waals surface area contributed by atoms with Crippen molar-refractivity contribution in [1.29, 1.82) is 0 Å². The van der Waals surface area contributed by atoms with Crippen LogP contribution in [0.1, 0.15) is 31.2 Å². The van der Waals surface area contributed by atoms with E-state index >= 15 is 4.39 Å². The van der Waals surface area contributed by atoms with Crippen LogP contribution in [0.4, 0.5) is 8.78 Å². The summed E-state index contributed by atoms with van der Waals surface area (Å²) < 4.78 is 37.2. The van der Waals surface area contributed by atoms with Crippen LogP contribution in [0.3, 0.4) is 0 Å². The zero-order valence-electron chi connectivity index (χ0n) is 17.9. The van der Waals surface area contributed by atoms with Crippen LogP contribution in [0.15, 0.2) is 36.8 Å². The number of halogens is 2. The van der Waals surface area contributed by atoms with Crippen LogP contribution in [-0.2, 0) is 18.2 Å². The Morgan fingerprint density at radius 1 is 1.19 bits per heavy atom. The highest BCUT2D eigenvalue weighted by Gasteiger charge is 2.20. The molecule has 1 aliphatic rings. The molecule has 3 aromatic heterocycles. The third-order valence-electron chi connectivity index (χ3n) is 6.25. The Hall–Kier alpha value is -3.13. The molecular formula is C24H25F2N5O. The smallest absolute Gasteiger partial charge is 0.138 e. The second-order valence-corrected chi connectivity index (χ2v) is 8.43. The number of ether oxygens (including phenoxy) is 1. The number of pyridine rings is 1. The first kappa shape index (κ1) is 20.8. The van der Waals surface area contributed by atoms with Crippen LogP contribution in [0.2, 0.25) is 0 Å². The summed E-state index contributed by atoms with van der Waals surface area (Å²) in [4.78, 5) is 4.32. The van der Waals surface area contributed by atoms with Gasteiger partial charge in [-0.1, -0.05) is 6.07 Å². The summed E-state index contributed by atoms with van der Waals surface area (Å²) in [7, 11) is 1.82. The van der Waals surface area contributed by atoms with E-state index in [1.165, 1.54) is 6.07 Å². The lowest BCUT2D eigenvalue weighted by Crippen LogP contribution is -2.15. The summed E-state index contributed by atoms with van der Waals surface area (Å²) >= 11 is 0. The Morgan fingerprint density at radius 3 is 2.81 bits per heavy atom. The lowest BCUT2D eigenvalue weighted by Gasteiger charge is -2.21. The first-order valence-electron chi connectivity index (χ1n) is 11.0. The molecule has 4 heterocycles. The van der Waals surface area contributed by atoms with Crippen molar-refractivity contribution in [1.82, 2.24) is 25.0 Å².